The van der Waals surface area contributed by atoms with Crippen molar-refractivity contribution in [2.24, 2.45) is 11.7 Å². The summed E-state index contributed by atoms with van der Waals surface area (Å²) in [5.41, 5.74) is 8.08. The summed E-state index contributed by atoms with van der Waals surface area (Å²) in [5.74, 6) is 0.400. The van der Waals surface area contributed by atoms with E-state index in [2.05, 4.69) is 0 Å². The van der Waals surface area contributed by atoms with Crippen LogP contribution in [0.15, 0.2) is 18.2 Å². The number of aryl methyl sites for hydroxylation is 1. The van der Waals surface area contributed by atoms with Crippen molar-refractivity contribution in [3.8, 4) is 0 Å². The van der Waals surface area contributed by atoms with Crippen molar-refractivity contribution in [1.29, 1.82) is 0 Å². The Bertz CT molecular complexity index is 318. The van der Waals surface area contributed by atoms with Crippen LogP contribution in [0, 0.1) is 18.7 Å². The Hall–Kier alpha value is -0.890. The Morgan fingerprint density at radius 3 is 2.77 bits per heavy atom. The van der Waals surface area contributed by atoms with E-state index in [4.69, 9.17) is 5.73 Å². The largest absolute Gasteiger partial charge is 0.324 e. The van der Waals surface area contributed by atoms with E-state index in [9.17, 15) is 4.39 Å². The molecule has 13 heavy (non-hydrogen) atoms. The van der Waals surface area contributed by atoms with E-state index in [0.29, 0.717) is 5.92 Å². The average molecular weight is 179 g/mol. The van der Waals surface area contributed by atoms with Gasteiger partial charge in [0, 0.05) is 6.04 Å². The van der Waals surface area contributed by atoms with Crippen LogP contribution in [0.4, 0.5) is 4.39 Å². The zero-order valence-electron chi connectivity index (χ0n) is 7.76. The zero-order valence-corrected chi connectivity index (χ0v) is 7.76. The lowest BCUT2D eigenvalue weighted by Crippen LogP contribution is -2.13. The molecule has 2 heteroatoms. The molecule has 0 bridgehead atoms. The Kier molecular flexibility index (Phi) is 2.08. The summed E-state index contributed by atoms with van der Waals surface area (Å²) >= 11 is 0. The van der Waals surface area contributed by atoms with Gasteiger partial charge in [-0.05, 0) is 48.9 Å². The lowest BCUT2D eigenvalue weighted by Gasteiger charge is -2.13. The van der Waals surface area contributed by atoms with Gasteiger partial charge in [0.25, 0.3) is 0 Å². The Balaban J connectivity index is 2.31. The first-order valence-electron chi connectivity index (χ1n) is 4.70. The van der Waals surface area contributed by atoms with Crippen molar-refractivity contribution < 1.29 is 4.39 Å². The van der Waals surface area contributed by atoms with Gasteiger partial charge < -0.3 is 5.73 Å². The van der Waals surface area contributed by atoms with Crippen LogP contribution in [0.5, 0.6) is 0 Å². The van der Waals surface area contributed by atoms with Crippen LogP contribution >= 0.6 is 0 Å². The molecular weight excluding hydrogens is 165 g/mol. The fourth-order valence-electron chi connectivity index (χ4n) is 1.68. The summed E-state index contributed by atoms with van der Waals surface area (Å²) < 4.78 is 12.9. The standard InChI is InChI=1S/C11H14FN/c1-7-2-5-9(12)6-10(7)11(13)8-3-4-8/h2,5-6,8,11H,3-4,13H2,1H3/t11-/m0/s1. The second-order valence-corrected chi connectivity index (χ2v) is 3.86. The van der Waals surface area contributed by atoms with Crippen LogP contribution in [0.3, 0.4) is 0 Å². The van der Waals surface area contributed by atoms with Gasteiger partial charge in [0.15, 0.2) is 0 Å². The van der Waals surface area contributed by atoms with Crippen molar-refractivity contribution in [2.75, 3.05) is 0 Å². The molecule has 0 aliphatic heterocycles. The molecule has 0 amide bonds. The summed E-state index contributed by atoms with van der Waals surface area (Å²) in [6.07, 6.45) is 2.38. The summed E-state index contributed by atoms with van der Waals surface area (Å²) in [5, 5.41) is 0. The third-order valence-electron chi connectivity index (χ3n) is 2.73. The number of rotatable bonds is 2. The Morgan fingerprint density at radius 2 is 2.15 bits per heavy atom. The average Bonchev–Trinajstić information content (AvgIpc) is 2.91. The van der Waals surface area contributed by atoms with Gasteiger partial charge in [0.2, 0.25) is 0 Å². The third kappa shape index (κ3) is 1.73. The monoisotopic (exact) mass is 179 g/mol. The molecule has 1 aromatic rings. The minimum absolute atomic E-state index is 0.0377. The van der Waals surface area contributed by atoms with Gasteiger partial charge in [-0.2, -0.15) is 0 Å². The summed E-state index contributed by atoms with van der Waals surface area (Å²) in [6.45, 7) is 1.98. The molecule has 1 nitrogen and oxygen atoms in total. The molecule has 1 atom stereocenters. The molecular formula is C11H14FN. The van der Waals surface area contributed by atoms with E-state index in [1.165, 1.54) is 18.9 Å². The van der Waals surface area contributed by atoms with Gasteiger partial charge in [0.1, 0.15) is 5.82 Å². The molecule has 2 N–H and O–H groups in total. The second kappa shape index (κ2) is 3.11. The molecule has 2 rings (SSSR count). The van der Waals surface area contributed by atoms with E-state index < -0.39 is 0 Å². The molecule has 0 spiro atoms. The van der Waals surface area contributed by atoms with Gasteiger partial charge in [0.05, 0.1) is 0 Å². The van der Waals surface area contributed by atoms with Gasteiger partial charge in [-0.1, -0.05) is 6.07 Å². The summed E-state index contributed by atoms with van der Waals surface area (Å²) in [6, 6.07) is 4.89. The third-order valence-corrected chi connectivity index (χ3v) is 2.73. The highest BCUT2D eigenvalue weighted by Crippen LogP contribution is 2.40. The predicted octanol–water partition coefficient (Wildman–Crippen LogP) is 2.54. The van der Waals surface area contributed by atoms with Gasteiger partial charge in [-0.15, -0.1) is 0 Å². The number of hydrogen-bond acceptors (Lipinski definition) is 1. The Labute approximate surface area is 77.8 Å². The highest BCUT2D eigenvalue weighted by molar-refractivity contribution is 5.30. The molecule has 1 aromatic carbocycles. The highest BCUT2D eigenvalue weighted by atomic mass is 19.1. The van der Waals surface area contributed by atoms with Crippen LogP contribution < -0.4 is 5.73 Å². The van der Waals surface area contributed by atoms with Crippen molar-refractivity contribution >= 4 is 0 Å². The fourth-order valence-corrected chi connectivity index (χ4v) is 1.68. The minimum Gasteiger partial charge on any atom is -0.324 e. The molecule has 70 valence electrons. The molecule has 1 aliphatic carbocycles. The van der Waals surface area contributed by atoms with Crippen LogP contribution in [0.2, 0.25) is 0 Å². The van der Waals surface area contributed by atoms with Gasteiger partial charge >= 0.3 is 0 Å². The topological polar surface area (TPSA) is 26.0 Å². The minimum atomic E-state index is -0.184. The first kappa shape index (κ1) is 8.70. The van der Waals surface area contributed by atoms with Crippen LogP contribution in [0.25, 0.3) is 0 Å². The second-order valence-electron chi connectivity index (χ2n) is 3.86. The predicted molar refractivity (Wildman–Crippen MR) is 50.8 cm³/mol. The molecule has 1 aliphatic rings. The van der Waals surface area contributed by atoms with E-state index in [1.54, 1.807) is 12.1 Å². The maximum Gasteiger partial charge on any atom is 0.123 e. The van der Waals surface area contributed by atoms with Crippen molar-refractivity contribution in [3.63, 3.8) is 0 Å². The van der Waals surface area contributed by atoms with Crippen LogP contribution in [0.1, 0.15) is 30.0 Å². The van der Waals surface area contributed by atoms with Crippen molar-refractivity contribution in [2.45, 2.75) is 25.8 Å². The first-order chi connectivity index (χ1) is 6.18. The highest BCUT2D eigenvalue weighted by Gasteiger charge is 2.30. The number of halogens is 1. The van der Waals surface area contributed by atoms with Crippen molar-refractivity contribution in [1.82, 2.24) is 0 Å². The van der Waals surface area contributed by atoms with E-state index >= 15 is 0 Å². The molecule has 1 fully saturated rings. The van der Waals surface area contributed by atoms with Crippen LogP contribution in [-0.2, 0) is 0 Å². The smallest absolute Gasteiger partial charge is 0.123 e. The fraction of sp³-hybridized carbons (Fsp3) is 0.455. The molecule has 0 saturated heterocycles. The quantitative estimate of drug-likeness (QED) is 0.741. The number of nitrogens with two attached hydrogens (primary N) is 1. The number of hydrogen-bond donors (Lipinski definition) is 1. The Morgan fingerprint density at radius 1 is 1.46 bits per heavy atom. The molecule has 1 saturated carbocycles. The molecule has 0 unspecified atom stereocenters. The lowest BCUT2D eigenvalue weighted by atomic mass is 9.98. The van der Waals surface area contributed by atoms with E-state index in [-0.39, 0.29) is 11.9 Å². The maximum atomic E-state index is 12.9. The zero-order chi connectivity index (χ0) is 9.42. The molecule has 0 aromatic heterocycles. The summed E-state index contributed by atoms with van der Waals surface area (Å²) in [4.78, 5) is 0. The summed E-state index contributed by atoms with van der Waals surface area (Å²) in [7, 11) is 0. The SMILES string of the molecule is Cc1ccc(F)cc1[C@@H](N)C1CC1. The molecule has 0 radical (unpaired) electrons. The first-order valence-corrected chi connectivity index (χ1v) is 4.70. The normalized spacial score (nSPS) is 18.7. The molecule has 0 heterocycles. The number of benzene rings is 1. The van der Waals surface area contributed by atoms with Crippen molar-refractivity contribution in [3.05, 3.63) is 35.1 Å². The van der Waals surface area contributed by atoms with E-state index in [0.717, 1.165) is 11.1 Å². The maximum absolute atomic E-state index is 12.9. The lowest BCUT2D eigenvalue weighted by molar-refractivity contribution is 0.599. The van der Waals surface area contributed by atoms with Crippen LogP contribution in [-0.4, -0.2) is 0 Å². The van der Waals surface area contributed by atoms with E-state index in [1.807, 2.05) is 6.92 Å². The van der Waals surface area contributed by atoms with Gasteiger partial charge in [-0.25, -0.2) is 4.39 Å². The van der Waals surface area contributed by atoms with Gasteiger partial charge in [-0.3, -0.25) is 0 Å².